The molecule has 0 radical (unpaired) electrons. The molecule has 1 aromatic rings. The Morgan fingerprint density at radius 2 is 1.89 bits per heavy atom. The lowest BCUT2D eigenvalue weighted by Gasteiger charge is -2.10. The Hall–Kier alpha value is -1.60. The highest BCUT2D eigenvalue weighted by Gasteiger charge is 2.05. The fourth-order valence-electron chi connectivity index (χ4n) is 1.38. The molecule has 3 N–H and O–H groups in total. The van der Waals surface area contributed by atoms with E-state index >= 15 is 0 Å². The number of benzene rings is 1. The first-order valence-electron chi connectivity index (χ1n) is 5.87. The van der Waals surface area contributed by atoms with Crippen molar-refractivity contribution in [3.05, 3.63) is 24.3 Å². The van der Waals surface area contributed by atoms with Gasteiger partial charge in [-0.05, 0) is 18.2 Å². The predicted molar refractivity (Wildman–Crippen MR) is 76.7 cm³/mol. The molecule has 1 rings (SSSR count). The average Bonchev–Trinajstić information content (AvgIpc) is 2.24. The van der Waals surface area contributed by atoms with Crippen LogP contribution >= 0.6 is 0 Å². The van der Waals surface area contributed by atoms with Crippen molar-refractivity contribution in [3.8, 4) is 0 Å². The van der Waals surface area contributed by atoms with Gasteiger partial charge in [0.1, 0.15) is 0 Å². The summed E-state index contributed by atoms with van der Waals surface area (Å²) in [6.45, 7) is 4.11. The molecule has 0 aliphatic rings. The summed E-state index contributed by atoms with van der Waals surface area (Å²) < 4.78 is 24.6. The lowest BCUT2D eigenvalue weighted by Crippen LogP contribution is -2.32. The Kier molecular flexibility index (Phi) is 5.31. The topological polar surface area (TPSA) is 87.3 Å². The highest BCUT2D eigenvalue weighted by atomic mass is 32.2. The van der Waals surface area contributed by atoms with Crippen LogP contribution in [0.2, 0.25) is 0 Å². The molecule has 6 nitrogen and oxygen atoms in total. The van der Waals surface area contributed by atoms with Gasteiger partial charge in [-0.1, -0.05) is 19.9 Å². The van der Waals surface area contributed by atoms with E-state index in [1.54, 1.807) is 24.3 Å². The number of carbonyl (C=O) groups excluding carboxylic acids is 1. The van der Waals surface area contributed by atoms with E-state index in [4.69, 9.17) is 0 Å². The molecule has 0 aromatic heterocycles. The molecule has 0 saturated carbocycles. The van der Waals surface area contributed by atoms with Gasteiger partial charge in [-0.2, -0.15) is 0 Å². The van der Waals surface area contributed by atoms with Crippen molar-refractivity contribution in [1.29, 1.82) is 0 Å². The summed E-state index contributed by atoms with van der Waals surface area (Å²) in [5.41, 5.74) is 0.960. The van der Waals surface area contributed by atoms with Crippen LogP contribution in [0.15, 0.2) is 24.3 Å². The highest BCUT2D eigenvalue weighted by Crippen LogP contribution is 2.15. The molecule has 1 aromatic carbocycles. The van der Waals surface area contributed by atoms with E-state index in [1.807, 2.05) is 13.8 Å². The highest BCUT2D eigenvalue weighted by molar-refractivity contribution is 7.92. The number of nitrogens with one attached hydrogen (secondary N) is 3. The Labute approximate surface area is 113 Å². The number of sulfonamides is 1. The van der Waals surface area contributed by atoms with Crippen LogP contribution in [-0.2, 0) is 14.8 Å². The molecule has 1 amide bonds. The molecular formula is C12H19N3O3S. The van der Waals surface area contributed by atoms with Crippen molar-refractivity contribution in [2.45, 2.75) is 19.9 Å². The van der Waals surface area contributed by atoms with Crippen molar-refractivity contribution in [3.63, 3.8) is 0 Å². The van der Waals surface area contributed by atoms with Gasteiger partial charge in [0.2, 0.25) is 15.9 Å². The lowest BCUT2D eigenvalue weighted by atomic mass is 10.3. The van der Waals surface area contributed by atoms with Crippen LogP contribution in [0.4, 0.5) is 11.4 Å². The van der Waals surface area contributed by atoms with E-state index in [1.165, 1.54) is 0 Å². The Bertz CT molecular complexity index is 541. The Morgan fingerprint density at radius 1 is 1.26 bits per heavy atom. The number of hydrogen-bond acceptors (Lipinski definition) is 4. The molecule has 19 heavy (non-hydrogen) atoms. The van der Waals surface area contributed by atoms with E-state index in [-0.39, 0.29) is 18.5 Å². The number of carbonyl (C=O) groups is 1. The summed E-state index contributed by atoms with van der Waals surface area (Å²) in [4.78, 5) is 11.6. The van der Waals surface area contributed by atoms with E-state index in [2.05, 4.69) is 15.4 Å². The predicted octanol–water partition coefficient (Wildman–Crippen LogP) is 0.995. The van der Waals surface area contributed by atoms with Gasteiger partial charge in [-0.25, -0.2) is 8.42 Å². The number of amides is 1. The molecule has 0 aliphatic carbocycles. The van der Waals surface area contributed by atoms with Gasteiger partial charge in [0.05, 0.1) is 18.5 Å². The largest absolute Gasteiger partial charge is 0.325 e. The fraction of sp³-hybridized carbons (Fsp3) is 0.417. The minimum absolute atomic E-state index is 0.176. The normalized spacial score (nSPS) is 11.4. The van der Waals surface area contributed by atoms with Gasteiger partial charge < -0.3 is 10.6 Å². The summed E-state index contributed by atoms with van der Waals surface area (Å²) in [6, 6.07) is 6.76. The van der Waals surface area contributed by atoms with E-state index in [0.717, 1.165) is 6.26 Å². The third kappa shape index (κ3) is 6.78. The summed E-state index contributed by atoms with van der Waals surface area (Å²) in [6.07, 6.45) is 1.07. The van der Waals surface area contributed by atoms with Gasteiger partial charge in [0.15, 0.2) is 0 Å². The molecule has 0 bridgehead atoms. The minimum Gasteiger partial charge on any atom is -0.325 e. The average molecular weight is 285 g/mol. The van der Waals surface area contributed by atoms with Crippen LogP contribution in [0.3, 0.4) is 0 Å². The first-order valence-corrected chi connectivity index (χ1v) is 7.76. The van der Waals surface area contributed by atoms with Crippen molar-refractivity contribution in [2.75, 3.05) is 22.8 Å². The van der Waals surface area contributed by atoms with Crippen LogP contribution in [-0.4, -0.2) is 33.2 Å². The molecule has 0 unspecified atom stereocenters. The van der Waals surface area contributed by atoms with Gasteiger partial charge in [0.25, 0.3) is 0 Å². The molecule has 0 atom stereocenters. The standard InChI is InChI=1S/C12H19N3O3S/c1-9(2)13-8-12(16)14-10-5-4-6-11(7-10)15-19(3,17)18/h4-7,9,13,15H,8H2,1-3H3,(H,14,16). The van der Waals surface area contributed by atoms with Crippen molar-refractivity contribution < 1.29 is 13.2 Å². The lowest BCUT2D eigenvalue weighted by molar-refractivity contribution is -0.115. The van der Waals surface area contributed by atoms with Crippen molar-refractivity contribution in [1.82, 2.24) is 5.32 Å². The molecule has 0 aliphatic heterocycles. The van der Waals surface area contributed by atoms with Crippen molar-refractivity contribution in [2.24, 2.45) is 0 Å². The molecule has 7 heteroatoms. The molecule has 0 fully saturated rings. The number of anilines is 2. The molecule has 0 heterocycles. The molecule has 106 valence electrons. The second-order valence-corrected chi connectivity index (χ2v) is 6.29. The summed E-state index contributed by atoms with van der Waals surface area (Å²) >= 11 is 0. The molecular weight excluding hydrogens is 266 g/mol. The van der Waals surface area contributed by atoms with Gasteiger partial charge in [0, 0.05) is 11.7 Å². The third-order valence-electron chi connectivity index (χ3n) is 2.12. The maximum absolute atomic E-state index is 11.6. The number of rotatable bonds is 6. The second kappa shape index (κ2) is 6.53. The summed E-state index contributed by atoms with van der Waals surface area (Å²) in [5.74, 6) is -0.176. The zero-order chi connectivity index (χ0) is 14.5. The first kappa shape index (κ1) is 15.5. The van der Waals surface area contributed by atoms with Gasteiger partial charge in [-0.15, -0.1) is 0 Å². The van der Waals surface area contributed by atoms with Gasteiger partial charge in [-0.3, -0.25) is 9.52 Å². The fourth-order valence-corrected chi connectivity index (χ4v) is 1.93. The summed E-state index contributed by atoms with van der Waals surface area (Å²) in [7, 11) is -3.32. The quantitative estimate of drug-likeness (QED) is 0.727. The second-order valence-electron chi connectivity index (χ2n) is 4.54. The zero-order valence-electron chi connectivity index (χ0n) is 11.2. The summed E-state index contributed by atoms with van der Waals surface area (Å²) in [5, 5.41) is 5.68. The van der Waals surface area contributed by atoms with E-state index in [9.17, 15) is 13.2 Å². The van der Waals surface area contributed by atoms with Crippen LogP contribution in [0.1, 0.15) is 13.8 Å². The van der Waals surface area contributed by atoms with Crippen LogP contribution in [0.25, 0.3) is 0 Å². The van der Waals surface area contributed by atoms with Crippen LogP contribution in [0.5, 0.6) is 0 Å². The van der Waals surface area contributed by atoms with Gasteiger partial charge >= 0.3 is 0 Å². The maximum atomic E-state index is 11.6. The number of hydrogen-bond donors (Lipinski definition) is 3. The zero-order valence-corrected chi connectivity index (χ0v) is 12.0. The molecule has 0 spiro atoms. The van der Waals surface area contributed by atoms with Crippen LogP contribution in [0, 0.1) is 0 Å². The monoisotopic (exact) mass is 285 g/mol. The maximum Gasteiger partial charge on any atom is 0.238 e. The van der Waals surface area contributed by atoms with Crippen LogP contribution < -0.4 is 15.4 Å². The Morgan fingerprint density at radius 3 is 2.47 bits per heavy atom. The minimum atomic E-state index is -3.32. The van der Waals surface area contributed by atoms with E-state index < -0.39 is 10.0 Å². The first-order chi connectivity index (χ1) is 8.76. The Balaban J connectivity index is 2.64. The van der Waals surface area contributed by atoms with Crippen molar-refractivity contribution >= 4 is 27.3 Å². The third-order valence-corrected chi connectivity index (χ3v) is 2.73. The SMILES string of the molecule is CC(C)NCC(=O)Nc1cccc(NS(C)(=O)=O)c1. The molecule has 0 saturated heterocycles. The van der Waals surface area contributed by atoms with E-state index in [0.29, 0.717) is 11.4 Å². The smallest absolute Gasteiger partial charge is 0.238 e.